The summed E-state index contributed by atoms with van der Waals surface area (Å²) in [5.41, 5.74) is 14.0. The Morgan fingerprint density at radius 1 is 0.409 bits per heavy atom. The summed E-state index contributed by atoms with van der Waals surface area (Å²) < 4.78 is 0. The van der Waals surface area contributed by atoms with Crippen LogP contribution in [-0.4, -0.2) is 84.8 Å². The smallest absolute Gasteiger partial charge is 0.243 e. The van der Waals surface area contributed by atoms with Crippen molar-refractivity contribution in [3.8, 4) is 0 Å². The van der Waals surface area contributed by atoms with Gasteiger partial charge in [0, 0.05) is 25.9 Å². The Morgan fingerprint density at radius 2 is 0.712 bits per heavy atom. The first kappa shape index (κ1) is 57.3. The lowest BCUT2D eigenvalue weighted by Gasteiger charge is -2.26. The topological polar surface area (TPSA) is 227 Å². The number of hydrogen-bond donors (Lipinski definition) is 8. The van der Waals surface area contributed by atoms with E-state index in [9.17, 15) is 28.8 Å². The van der Waals surface area contributed by atoms with Crippen molar-refractivity contribution < 1.29 is 28.8 Å². The number of nitrogens with one attached hydrogen (secondary N) is 6. The van der Waals surface area contributed by atoms with Crippen LogP contribution in [0.1, 0.15) is 144 Å². The van der Waals surface area contributed by atoms with Crippen molar-refractivity contribution in [1.82, 2.24) is 31.9 Å². The van der Waals surface area contributed by atoms with Crippen LogP contribution in [0.5, 0.6) is 0 Å². The van der Waals surface area contributed by atoms with E-state index >= 15 is 0 Å². The number of unbranched alkanes of at least 4 members (excludes halogenated alkanes) is 9. The van der Waals surface area contributed by atoms with E-state index in [1.54, 1.807) is 0 Å². The molecular formula is C52H86N8O6. The first-order valence-corrected chi connectivity index (χ1v) is 24.7. The molecule has 370 valence electrons. The molecule has 14 nitrogen and oxygen atoms in total. The van der Waals surface area contributed by atoms with E-state index in [0.29, 0.717) is 38.8 Å². The van der Waals surface area contributed by atoms with Gasteiger partial charge in [-0.2, -0.15) is 0 Å². The standard InChI is InChI=1S/C52H86N8O6/c1-35(2)31-41(53)47(61)59-45(37(5)6)51(65)57-43(33-39-25-19-17-20-26-39)49(63)55-29-23-15-13-11-9-10-12-14-16-24-30-56-50(64)44(34-40-27-21-18-22-28-40)58-52(66)46(38(7)8)60-48(62)42(54)32-36(3)4/h17-22,25-28,35-38,41-46H,9-16,23-24,29-34,53-54H2,1-8H3,(H,55,63)(H,56,64)(H,57,65)(H,58,66)(H,59,61)(H,60,62)/t41-,42-,43-,44-,45-,46-/m0/s1. The van der Waals surface area contributed by atoms with Crippen molar-refractivity contribution >= 4 is 35.4 Å². The van der Waals surface area contributed by atoms with Gasteiger partial charge >= 0.3 is 0 Å². The van der Waals surface area contributed by atoms with Gasteiger partial charge in [0.1, 0.15) is 24.2 Å². The maximum absolute atomic E-state index is 13.5. The molecule has 2 rings (SSSR count). The van der Waals surface area contributed by atoms with Gasteiger partial charge in [-0.1, -0.05) is 167 Å². The van der Waals surface area contributed by atoms with Gasteiger partial charge in [0.15, 0.2) is 0 Å². The Morgan fingerprint density at radius 3 is 1.00 bits per heavy atom. The first-order valence-electron chi connectivity index (χ1n) is 24.7. The Balaban J connectivity index is 1.73. The molecule has 0 unspecified atom stereocenters. The van der Waals surface area contributed by atoms with Crippen molar-refractivity contribution in [2.45, 2.75) is 182 Å². The zero-order chi connectivity index (χ0) is 49.0. The first-order chi connectivity index (χ1) is 31.4. The molecule has 0 aliphatic carbocycles. The van der Waals surface area contributed by atoms with Gasteiger partial charge < -0.3 is 43.4 Å². The summed E-state index contributed by atoms with van der Waals surface area (Å²) in [5, 5.41) is 17.5. The minimum absolute atomic E-state index is 0.208. The summed E-state index contributed by atoms with van der Waals surface area (Å²) in [6.07, 6.45) is 11.9. The van der Waals surface area contributed by atoms with Crippen molar-refractivity contribution in [2.24, 2.45) is 35.1 Å². The van der Waals surface area contributed by atoms with Gasteiger partial charge in [-0.3, -0.25) is 28.8 Å². The van der Waals surface area contributed by atoms with Crippen LogP contribution in [0.2, 0.25) is 0 Å². The quantitative estimate of drug-likeness (QED) is 0.0420. The van der Waals surface area contributed by atoms with Crippen molar-refractivity contribution in [2.75, 3.05) is 13.1 Å². The molecular weight excluding hydrogens is 833 g/mol. The molecule has 2 aromatic rings. The summed E-state index contributed by atoms with van der Waals surface area (Å²) in [5.74, 6) is -2.03. The second kappa shape index (κ2) is 32.0. The third kappa shape index (κ3) is 23.6. The second-order valence-corrected chi connectivity index (χ2v) is 19.6. The third-order valence-electron chi connectivity index (χ3n) is 11.7. The van der Waals surface area contributed by atoms with Crippen molar-refractivity contribution in [3.05, 3.63) is 71.8 Å². The molecule has 0 saturated carbocycles. The van der Waals surface area contributed by atoms with Crippen LogP contribution in [0, 0.1) is 23.7 Å². The van der Waals surface area contributed by atoms with Crippen LogP contribution < -0.4 is 43.4 Å². The van der Waals surface area contributed by atoms with E-state index in [0.717, 1.165) is 75.3 Å². The van der Waals surface area contributed by atoms with Gasteiger partial charge in [-0.15, -0.1) is 0 Å². The summed E-state index contributed by atoms with van der Waals surface area (Å²) in [7, 11) is 0. The Kier molecular flexibility index (Phi) is 27.8. The van der Waals surface area contributed by atoms with Gasteiger partial charge in [0.05, 0.1) is 12.1 Å². The molecule has 0 radical (unpaired) electrons. The normalized spacial score (nSPS) is 14.2. The largest absolute Gasteiger partial charge is 0.354 e. The van der Waals surface area contributed by atoms with Crippen LogP contribution in [0.15, 0.2) is 60.7 Å². The maximum atomic E-state index is 13.5. The number of carbonyl (C=O) groups excluding carboxylic acids is 6. The highest BCUT2D eigenvalue weighted by molar-refractivity contribution is 5.94. The Labute approximate surface area is 396 Å². The van der Waals surface area contributed by atoms with Crippen LogP contribution in [0.25, 0.3) is 0 Å². The number of rotatable bonds is 33. The molecule has 0 aliphatic heterocycles. The van der Waals surface area contributed by atoms with Crippen LogP contribution >= 0.6 is 0 Å². The molecule has 0 saturated heterocycles. The molecule has 66 heavy (non-hydrogen) atoms. The molecule has 0 aliphatic rings. The fourth-order valence-corrected chi connectivity index (χ4v) is 7.80. The number of nitrogens with two attached hydrogens (primary N) is 2. The SMILES string of the molecule is CC(C)C[C@H](N)C(=O)N[C@H](C(=O)N[C@@H](Cc1ccccc1)C(=O)NCCCCCCCCCCCCNC(=O)[C@H](Cc1ccccc1)NC(=O)[C@@H](NC(=O)[C@@H](N)CC(C)C)C(C)C)C(C)C. The summed E-state index contributed by atoms with van der Waals surface area (Å²) >= 11 is 0. The van der Waals surface area contributed by atoms with Crippen LogP contribution in [0.3, 0.4) is 0 Å². The number of benzene rings is 2. The van der Waals surface area contributed by atoms with E-state index in [-0.39, 0.29) is 47.3 Å². The predicted molar refractivity (Wildman–Crippen MR) is 265 cm³/mol. The minimum atomic E-state index is -0.826. The molecule has 0 bridgehead atoms. The lowest BCUT2D eigenvalue weighted by molar-refractivity contribution is -0.133. The summed E-state index contributed by atoms with van der Waals surface area (Å²) in [6, 6.07) is 14.4. The Bertz CT molecular complexity index is 1600. The molecule has 6 atom stereocenters. The van der Waals surface area contributed by atoms with Gasteiger partial charge in [-0.25, -0.2) is 0 Å². The predicted octanol–water partition coefficient (Wildman–Crippen LogP) is 5.60. The van der Waals surface area contributed by atoms with Gasteiger partial charge in [-0.05, 0) is 60.5 Å². The van der Waals surface area contributed by atoms with Crippen LogP contribution in [-0.2, 0) is 41.6 Å². The summed E-state index contributed by atoms with van der Waals surface area (Å²) in [4.78, 5) is 79.4. The highest BCUT2D eigenvalue weighted by atomic mass is 16.2. The number of amides is 6. The third-order valence-corrected chi connectivity index (χ3v) is 11.7. The van der Waals surface area contributed by atoms with E-state index in [1.165, 1.54) is 0 Å². The van der Waals surface area contributed by atoms with Crippen molar-refractivity contribution in [3.63, 3.8) is 0 Å². The lowest BCUT2D eigenvalue weighted by atomic mass is 9.99. The average Bonchev–Trinajstić information content (AvgIpc) is 3.26. The number of hydrogen-bond acceptors (Lipinski definition) is 8. The molecule has 0 spiro atoms. The van der Waals surface area contributed by atoms with Crippen molar-refractivity contribution in [1.29, 1.82) is 0 Å². The van der Waals surface area contributed by atoms with E-state index in [2.05, 4.69) is 31.9 Å². The summed E-state index contributed by atoms with van der Waals surface area (Å²) in [6.45, 7) is 16.4. The second-order valence-electron chi connectivity index (χ2n) is 19.6. The lowest BCUT2D eigenvalue weighted by Crippen LogP contribution is -2.58. The van der Waals surface area contributed by atoms with E-state index in [1.807, 2.05) is 116 Å². The van der Waals surface area contributed by atoms with Gasteiger partial charge in [0.2, 0.25) is 35.4 Å². The molecule has 10 N–H and O–H groups in total. The van der Waals surface area contributed by atoms with Gasteiger partial charge in [0.25, 0.3) is 0 Å². The fraction of sp³-hybridized carbons (Fsp3) is 0.654. The number of carbonyl (C=O) groups is 6. The average molecular weight is 919 g/mol. The molecule has 0 aromatic heterocycles. The molecule has 0 fully saturated rings. The van der Waals surface area contributed by atoms with E-state index < -0.39 is 48.1 Å². The molecule has 2 aromatic carbocycles. The zero-order valence-corrected chi connectivity index (χ0v) is 41.5. The zero-order valence-electron chi connectivity index (χ0n) is 41.5. The monoisotopic (exact) mass is 919 g/mol. The maximum Gasteiger partial charge on any atom is 0.243 e. The highest BCUT2D eigenvalue weighted by Gasteiger charge is 2.32. The minimum Gasteiger partial charge on any atom is -0.354 e. The highest BCUT2D eigenvalue weighted by Crippen LogP contribution is 2.13. The molecule has 6 amide bonds. The van der Waals surface area contributed by atoms with E-state index in [4.69, 9.17) is 11.5 Å². The fourth-order valence-electron chi connectivity index (χ4n) is 7.80. The molecule has 14 heteroatoms. The van der Waals surface area contributed by atoms with Crippen LogP contribution in [0.4, 0.5) is 0 Å². The Hall–Kier alpha value is -4.82. The molecule has 0 heterocycles.